The number of carboxylic acid groups (broad SMARTS) is 1. The van der Waals surface area contributed by atoms with Crippen LogP contribution in [0.5, 0.6) is 0 Å². The van der Waals surface area contributed by atoms with Crippen LogP contribution in [0, 0.1) is 0 Å². The van der Waals surface area contributed by atoms with E-state index >= 15 is 0 Å². The Balaban J connectivity index is 2.80. The summed E-state index contributed by atoms with van der Waals surface area (Å²) in [5.74, 6) is -1.44. The van der Waals surface area contributed by atoms with E-state index in [1.54, 1.807) is 0 Å². The Morgan fingerprint density at radius 1 is 1.22 bits per heavy atom. The van der Waals surface area contributed by atoms with Gasteiger partial charge in [-0.25, -0.2) is 0 Å². The van der Waals surface area contributed by atoms with Crippen LogP contribution >= 0.6 is 34.8 Å². The van der Waals surface area contributed by atoms with Gasteiger partial charge in [0.15, 0.2) is 0 Å². The standard InChI is InChI=1S/C14H7Cl3F3NO2/c15-6-3-8(12(17)10(16)4-6)13-7(5-11(22)23)9(1-2-21-13)14(18,19)20/h1-4H,5H2,(H,22,23). The Labute approximate surface area is 143 Å². The number of halogens is 6. The van der Waals surface area contributed by atoms with Crippen LogP contribution in [0.25, 0.3) is 11.3 Å². The summed E-state index contributed by atoms with van der Waals surface area (Å²) in [6.07, 6.45) is -4.69. The summed E-state index contributed by atoms with van der Waals surface area (Å²) in [6.45, 7) is 0. The molecule has 0 fully saturated rings. The van der Waals surface area contributed by atoms with Gasteiger partial charge in [-0.1, -0.05) is 34.8 Å². The second kappa shape index (κ2) is 6.55. The molecule has 1 heterocycles. The summed E-state index contributed by atoms with van der Waals surface area (Å²) in [4.78, 5) is 14.8. The summed E-state index contributed by atoms with van der Waals surface area (Å²) in [7, 11) is 0. The molecule has 1 aromatic heterocycles. The second-order valence-corrected chi connectivity index (χ2v) is 5.72. The summed E-state index contributed by atoms with van der Waals surface area (Å²) >= 11 is 17.7. The number of aromatic nitrogens is 1. The maximum absolute atomic E-state index is 13.1. The largest absolute Gasteiger partial charge is 0.481 e. The minimum Gasteiger partial charge on any atom is -0.481 e. The molecule has 0 spiro atoms. The molecule has 2 rings (SSSR count). The van der Waals surface area contributed by atoms with Crippen molar-refractivity contribution in [1.29, 1.82) is 0 Å². The number of aliphatic carboxylic acids is 1. The highest BCUT2D eigenvalue weighted by Gasteiger charge is 2.35. The normalized spacial score (nSPS) is 11.6. The molecule has 9 heteroatoms. The fourth-order valence-corrected chi connectivity index (χ4v) is 2.74. The molecule has 0 unspecified atom stereocenters. The average Bonchev–Trinajstić information content (AvgIpc) is 2.41. The van der Waals surface area contributed by atoms with Crippen molar-refractivity contribution >= 4 is 40.8 Å². The molecule has 0 saturated carbocycles. The Hall–Kier alpha value is -1.50. The maximum atomic E-state index is 13.1. The highest BCUT2D eigenvalue weighted by Crippen LogP contribution is 2.40. The minimum atomic E-state index is -4.74. The third-order valence-corrected chi connectivity index (χ3v) is 3.96. The van der Waals surface area contributed by atoms with Crippen LogP contribution in [0.2, 0.25) is 15.1 Å². The van der Waals surface area contributed by atoms with Crippen molar-refractivity contribution in [2.45, 2.75) is 12.6 Å². The molecule has 0 atom stereocenters. The van der Waals surface area contributed by atoms with Gasteiger partial charge in [0.1, 0.15) is 0 Å². The first-order valence-corrected chi connectivity index (χ1v) is 7.16. The van der Waals surface area contributed by atoms with E-state index in [-0.39, 0.29) is 26.3 Å². The minimum absolute atomic E-state index is 0.0228. The molecule has 0 aliphatic carbocycles. The molecule has 0 saturated heterocycles. The molecule has 2 aromatic rings. The quantitative estimate of drug-likeness (QED) is 0.725. The number of alkyl halides is 3. The number of benzene rings is 1. The third-order valence-electron chi connectivity index (χ3n) is 2.94. The first-order chi connectivity index (χ1) is 10.6. The Kier molecular flexibility index (Phi) is 5.08. The van der Waals surface area contributed by atoms with Gasteiger partial charge in [0.2, 0.25) is 0 Å². The van der Waals surface area contributed by atoms with Crippen LogP contribution in [-0.4, -0.2) is 16.1 Å². The van der Waals surface area contributed by atoms with E-state index in [1.165, 1.54) is 12.1 Å². The van der Waals surface area contributed by atoms with Crippen LogP contribution < -0.4 is 0 Å². The monoisotopic (exact) mass is 383 g/mol. The first-order valence-electron chi connectivity index (χ1n) is 6.03. The van der Waals surface area contributed by atoms with Crippen LogP contribution in [0.3, 0.4) is 0 Å². The highest BCUT2D eigenvalue weighted by molar-refractivity contribution is 6.45. The zero-order chi connectivity index (χ0) is 17.4. The Morgan fingerprint density at radius 2 is 1.87 bits per heavy atom. The van der Waals surface area contributed by atoms with Gasteiger partial charge in [-0.3, -0.25) is 9.78 Å². The van der Waals surface area contributed by atoms with E-state index in [2.05, 4.69) is 4.98 Å². The van der Waals surface area contributed by atoms with Gasteiger partial charge in [0.05, 0.1) is 27.7 Å². The van der Waals surface area contributed by atoms with E-state index in [4.69, 9.17) is 39.9 Å². The van der Waals surface area contributed by atoms with Crippen LogP contribution in [0.15, 0.2) is 24.4 Å². The van der Waals surface area contributed by atoms with Gasteiger partial charge < -0.3 is 5.11 Å². The summed E-state index contributed by atoms with van der Waals surface area (Å²) in [6, 6.07) is 3.31. The second-order valence-electron chi connectivity index (χ2n) is 4.50. The van der Waals surface area contributed by atoms with Crippen LogP contribution in [0.1, 0.15) is 11.1 Å². The number of carboxylic acids is 1. The Morgan fingerprint density at radius 3 is 2.43 bits per heavy atom. The van der Waals surface area contributed by atoms with Crippen LogP contribution in [-0.2, 0) is 17.4 Å². The number of nitrogens with zero attached hydrogens (tertiary/aromatic N) is 1. The number of rotatable bonds is 3. The molecule has 23 heavy (non-hydrogen) atoms. The SMILES string of the molecule is O=C(O)Cc1c(C(F)(F)F)ccnc1-c1cc(Cl)cc(Cl)c1Cl. The van der Waals surface area contributed by atoms with Crippen molar-refractivity contribution in [3.05, 3.63) is 50.6 Å². The maximum Gasteiger partial charge on any atom is 0.416 e. The topological polar surface area (TPSA) is 50.2 Å². The van der Waals surface area contributed by atoms with Crippen molar-refractivity contribution < 1.29 is 23.1 Å². The summed E-state index contributed by atoms with van der Waals surface area (Å²) in [5.41, 5.74) is -1.80. The summed E-state index contributed by atoms with van der Waals surface area (Å²) < 4.78 is 39.4. The smallest absolute Gasteiger partial charge is 0.416 e. The predicted octanol–water partition coefficient (Wildman–Crippen LogP) is 5.35. The van der Waals surface area contributed by atoms with Gasteiger partial charge in [-0.15, -0.1) is 0 Å². The number of pyridine rings is 1. The van der Waals surface area contributed by atoms with E-state index < -0.39 is 29.7 Å². The van der Waals surface area contributed by atoms with E-state index in [9.17, 15) is 18.0 Å². The molecule has 0 radical (unpaired) electrons. The number of hydrogen-bond donors (Lipinski definition) is 1. The first kappa shape index (κ1) is 17.8. The fraction of sp³-hybridized carbons (Fsp3) is 0.143. The lowest BCUT2D eigenvalue weighted by Gasteiger charge is -2.16. The van der Waals surface area contributed by atoms with Gasteiger partial charge in [-0.05, 0) is 18.2 Å². The van der Waals surface area contributed by atoms with Crippen molar-refractivity contribution in [2.24, 2.45) is 0 Å². The third kappa shape index (κ3) is 3.88. The molecular formula is C14H7Cl3F3NO2. The molecule has 122 valence electrons. The van der Waals surface area contributed by atoms with Crippen molar-refractivity contribution in [1.82, 2.24) is 4.98 Å². The molecule has 0 aliphatic heterocycles. The van der Waals surface area contributed by atoms with Crippen molar-refractivity contribution in [3.8, 4) is 11.3 Å². The fourth-order valence-electron chi connectivity index (χ4n) is 2.05. The zero-order valence-corrected chi connectivity index (χ0v) is 13.4. The molecule has 1 aromatic carbocycles. The Bertz CT molecular complexity index is 779. The lowest BCUT2D eigenvalue weighted by atomic mass is 9.98. The van der Waals surface area contributed by atoms with Gasteiger partial charge >= 0.3 is 12.1 Å². The molecule has 0 amide bonds. The van der Waals surface area contributed by atoms with Crippen molar-refractivity contribution in [3.63, 3.8) is 0 Å². The van der Waals surface area contributed by atoms with E-state index in [1.807, 2.05) is 0 Å². The highest BCUT2D eigenvalue weighted by atomic mass is 35.5. The van der Waals surface area contributed by atoms with Gasteiger partial charge in [-0.2, -0.15) is 13.2 Å². The van der Waals surface area contributed by atoms with Gasteiger partial charge in [0, 0.05) is 22.3 Å². The number of carbonyl (C=O) groups is 1. The molecular weight excluding hydrogens is 378 g/mol. The van der Waals surface area contributed by atoms with E-state index in [0.717, 1.165) is 6.20 Å². The molecule has 1 N–H and O–H groups in total. The van der Waals surface area contributed by atoms with Crippen LogP contribution in [0.4, 0.5) is 13.2 Å². The lowest BCUT2D eigenvalue weighted by molar-refractivity contribution is -0.139. The summed E-state index contributed by atoms with van der Waals surface area (Å²) in [5, 5.41) is 9.02. The molecule has 0 aliphatic rings. The average molecular weight is 385 g/mol. The predicted molar refractivity (Wildman–Crippen MR) is 81.0 cm³/mol. The van der Waals surface area contributed by atoms with Gasteiger partial charge in [0.25, 0.3) is 0 Å². The zero-order valence-electron chi connectivity index (χ0n) is 11.1. The van der Waals surface area contributed by atoms with E-state index in [0.29, 0.717) is 6.07 Å². The van der Waals surface area contributed by atoms with Crippen molar-refractivity contribution in [2.75, 3.05) is 0 Å². The molecule has 3 nitrogen and oxygen atoms in total. The number of hydrogen-bond acceptors (Lipinski definition) is 2. The molecule has 0 bridgehead atoms. The lowest BCUT2D eigenvalue weighted by Crippen LogP contribution is -2.14.